The summed E-state index contributed by atoms with van der Waals surface area (Å²) < 4.78 is 0. The van der Waals surface area contributed by atoms with Gasteiger partial charge in [0.05, 0.1) is 0 Å². The number of nitrogens with two attached hydrogens (primary N) is 1. The zero-order valence-electron chi connectivity index (χ0n) is 7.53. The lowest BCUT2D eigenvalue weighted by molar-refractivity contribution is -0.126. The number of primary amides is 1. The van der Waals surface area contributed by atoms with Gasteiger partial charge >= 0.3 is 0 Å². The van der Waals surface area contributed by atoms with E-state index in [1.54, 1.807) is 12.1 Å². The van der Waals surface area contributed by atoms with Crippen molar-refractivity contribution in [1.29, 1.82) is 0 Å². The third kappa shape index (κ3) is 2.06. The van der Waals surface area contributed by atoms with Crippen molar-refractivity contribution in [2.45, 2.75) is 19.4 Å². The Labute approximate surface area is 77.2 Å². The predicted molar refractivity (Wildman–Crippen MR) is 50.0 cm³/mol. The third-order valence-electron chi connectivity index (χ3n) is 2.00. The molecular formula is C10H13NO2. The summed E-state index contributed by atoms with van der Waals surface area (Å²) in [5.74, 6) is -0.707. The molecule has 0 fully saturated rings. The molecule has 1 atom stereocenters. The number of amides is 1. The van der Waals surface area contributed by atoms with Crippen LogP contribution in [0.15, 0.2) is 24.3 Å². The minimum absolute atomic E-state index is 0.609. The lowest BCUT2D eigenvalue weighted by Gasteiger charge is -2.10. The molecule has 1 aromatic carbocycles. The standard InChI is InChI=1S/C10H13NO2/c1-2-7-5-3-4-6-8(7)9(12)10(11)13/h3-6,9,12H,2H2,1H3,(H2,11,13). The van der Waals surface area contributed by atoms with Crippen molar-refractivity contribution in [2.24, 2.45) is 5.73 Å². The molecule has 1 unspecified atom stereocenters. The van der Waals surface area contributed by atoms with E-state index in [-0.39, 0.29) is 0 Å². The summed E-state index contributed by atoms with van der Waals surface area (Å²) in [4.78, 5) is 10.7. The van der Waals surface area contributed by atoms with Gasteiger partial charge in [0.15, 0.2) is 6.10 Å². The third-order valence-corrected chi connectivity index (χ3v) is 2.00. The summed E-state index contributed by atoms with van der Waals surface area (Å²) in [6.07, 6.45) is -0.406. The van der Waals surface area contributed by atoms with Crippen molar-refractivity contribution in [2.75, 3.05) is 0 Å². The first-order valence-corrected chi connectivity index (χ1v) is 4.22. The molecule has 3 N–H and O–H groups in total. The van der Waals surface area contributed by atoms with Gasteiger partial charge in [-0.3, -0.25) is 4.79 Å². The van der Waals surface area contributed by atoms with Crippen LogP contribution in [0.4, 0.5) is 0 Å². The molecule has 0 radical (unpaired) electrons. The van der Waals surface area contributed by atoms with Crippen molar-refractivity contribution in [3.05, 3.63) is 35.4 Å². The van der Waals surface area contributed by atoms with Crippen LogP contribution in [-0.2, 0) is 11.2 Å². The van der Waals surface area contributed by atoms with Crippen molar-refractivity contribution < 1.29 is 9.90 Å². The second-order valence-corrected chi connectivity index (χ2v) is 2.86. The number of carbonyl (C=O) groups excluding carboxylic acids is 1. The Kier molecular flexibility index (Phi) is 3.03. The molecule has 0 aromatic heterocycles. The molecule has 0 aliphatic heterocycles. The molecule has 3 nitrogen and oxygen atoms in total. The molecule has 1 aromatic rings. The highest BCUT2D eigenvalue weighted by Gasteiger charge is 2.15. The van der Waals surface area contributed by atoms with Gasteiger partial charge in [0.25, 0.3) is 5.91 Å². The van der Waals surface area contributed by atoms with Crippen molar-refractivity contribution >= 4 is 5.91 Å². The van der Waals surface area contributed by atoms with Crippen molar-refractivity contribution in [3.8, 4) is 0 Å². The molecule has 0 saturated carbocycles. The molecule has 0 heterocycles. The quantitative estimate of drug-likeness (QED) is 0.719. The molecule has 0 saturated heterocycles. The van der Waals surface area contributed by atoms with Crippen LogP contribution >= 0.6 is 0 Å². The maximum Gasteiger partial charge on any atom is 0.250 e. The first kappa shape index (κ1) is 9.74. The van der Waals surface area contributed by atoms with E-state index in [4.69, 9.17) is 5.73 Å². The highest BCUT2D eigenvalue weighted by atomic mass is 16.3. The number of rotatable bonds is 3. The van der Waals surface area contributed by atoms with Crippen LogP contribution in [0, 0.1) is 0 Å². The van der Waals surface area contributed by atoms with Crippen molar-refractivity contribution in [3.63, 3.8) is 0 Å². The van der Waals surface area contributed by atoms with E-state index in [0.717, 1.165) is 12.0 Å². The Morgan fingerprint density at radius 2 is 2.15 bits per heavy atom. The summed E-state index contributed by atoms with van der Waals surface area (Å²) in [7, 11) is 0. The van der Waals surface area contributed by atoms with E-state index in [0.29, 0.717) is 5.56 Å². The van der Waals surface area contributed by atoms with E-state index in [1.165, 1.54) is 0 Å². The summed E-state index contributed by atoms with van der Waals surface area (Å²) in [5, 5.41) is 9.44. The van der Waals surface area contributed by atoms with Crippen LogP contribution in [0.1, 0.15) is 24.2 Å². The zero-order valence-corrected chi connectivity index (χ0v) is 7.53. The Balaban J connectivity index is 3.05. The Hall–Kier alpha value is -1.35. The Morgan fingerprint density at radius 1 is 1.54 bits per heavy atom. The topological polar surface area (TPSA) is 63.3 Å². The smallest absolute Gasteiger partial charge is 0.250 e. The molecule has 1 rings (SSSR count). The van der Waals surface area contributed by atoms with Crippen LogP contribution in [0.5, 0.6) is 0 Å². The van der Waals surface area contributed by atoms with Crippen LogP contribution in [0.2, 0.25) is 0 Å². The molecule has 1 amide bonds. The van der Waals surface area contributed by atoms with E-state index in [9.17, 15) is 9.90 Å². The van der Waals surface area contributed by atoms with Crippen molar-refractivity contribution in [1.82, 2.24) is 0 Å². The molecule has 0 spiro atoms. The molecular weight excluding hydrogens is 166 g/mol. The maximum atomic E-state index is 10.7. The summed E-state index contributed by atoms with van der Waals surface area (Å²) in [5.41, 5.74) is 6.56. The van der Waals surface area contributed by atoms with Gasteiger partial charge in [-0.05, 0) is 17.5 Å². The highest BCUT2D eigenvalue weighted by molar-refractivity contribution is 5.80. The van der Waals surface area contributed by atoms with Gasteiger partial charge in [-0.25, -0.2) is 0 Å². The number of aryl methyl sites for hydroxylation is 1. The molecule has 0 aliphatic rings. The summed E-state index contributed by atoms with van der Waals surface area (Å²) in [6, 6.07) is 7.24. The SMILES string of the molecule is CCc1ccccc1C(O)C(N)=O. The van der Waals surface area contributed by atoms with Gasteiger partial charge < -0.3 is 10.8 Å². The maximum absolute atomic E-state index is 10.7. The number of aliphatic hydroxyl groups is 1. The van der Waals surface area contributed by atoms with E-state index in [1.807, 2.05) is 19.1 Å². The monoisotopic (exact) mass is 179 g/mol. The van der Waals surface area contributed by atoms with E-state index in [2.05, 4.69) is 0 Å². The number of hydrogen-bond donors (Lipinski definition) is 2. The second-order valence-electron chi connectivity index (χ2n) is 2.86. The van der Waals surface area contributed by atoms with Gasteiger partial charge in [-0.2, -0.15) is 0 Å². The molecule has 0 aliphatic carbocycles. The number of carbonyl (C=O) groups is 1. The Bertz CT molecular complexity index is 310. The van der Waals surface area contributed by atoms with Gasteiger partial charge in [-0.15, -0.1) is 0 Å². The summed E-state index contributed by atoms with van der Waals surface area (Å²) >= 11 is 0. The molecule has 0 bridgehead atoms. The fourth-order valence-electron chi connectivity index (χ4n) is 1.28. The van der Waals surface area contributed by atoms with Crippen LogP contribution < -0.4 is 5.73 Å². The van der Waals surface area contributed by atoms with Gasteiger partial charge in [0.1, 0.15) is 0 Å². The highest BCUT2D eigenvalue weighted by Crippen LogP contribution is 2.17. The van der Waals surface area contributed by atoms with Gasteiger partial charge in [0, 0.05) is 0 Å². The molecule has 13 heavy (non-hydrogen) atoms. The number of benzene rings is 1. The average Bonchev–Trinajstić information content (AvgIpc) is 2.16. The molecule has 3 heteroatoms. The zero-order chi connectivity index (χ0) is 9.84. The lowest BCUT2D eigenvalue weighted by atomic mass is 10.0. The summed E-state index contributed by atoms with van der Waals surface area (Å²) in [6.45, 7) is 1.96. The van der Waals surface area contributed by atoms with Crippen LogP contribution in [0.3, 0.4) is 0 Å². The minimum Gasteiger partial charge on any atom is -0.378 e. The number of hydrogen-bond acceptors (Lipinski definition) is 2. The second kappa shape index (κ2) is 4.05. The Morgan fingerprint density at radius 3 is 2.69 bits per heavy atom. The lowest BCUT2D eigenvalue weighted by Crippen LogP contribution is -2.21. The molecule has 70 valence electrons. The average molecular weight is 179 g/mol. The van der Waals surface area contributed by atoms with Crippen LogP contribution in [-0.4, -0.2) is 11.0 Å². The van der Waals surface area contributed by atoms with Gasteiger partial charge in [-0.1, -0.05) is 31.2 Å². The van der Waals surface area contributed by atoms with E-state index >= 15 is 0 Å². The fourth-order valence-corrected chi connectivity index (χ4v) is 1.28. The first-order valence-electron chi connectivity index (χ1n) is 4.22. The largest absolute Gasteiger partial charge is 0.378 e. The number of aliphatic hydroxyl groups excluding tert-OH is 1. The first-order chi connectivity index (χ1) is 6.16. The fraction of sp³-hybridized carbons (Fsp3) is 0.300. The van der Waals surface area contributed by atoms with Crippen LogP contribution in [0.25, 0.3) is 0 Å². The predicted octanol–water partition coefficient (Wildman–Crippen LogP) is 0.768. The normalized spacial score (nSPS) is 12.5. The van der Waals surface area contributed by atoms with Gasteiger partial charge in [0.2, 0.25) is 0 Å². The minimum atomic E-state index is -1.18. The van der Waals surface area contributed by atoms with E-state index < -0.39 is 12.0 Å².